The highest BCUT2D eigenvalue weighted by molar-refractivity contribution is 5.74. The average molecular weight is 477 g/mol. The molecule has 0 radical (unpaired) electrons. The smallest absolute Gasteiger partial charge is 0.407 e. The lowest BCUT2D eigenvalue weighted by molar-refractivity contribution is -0.0349. The molecule has 2 aromatic carbocycles. The number of piperidine rings is 3. The van der Waals surface area contributed by atoms with Crippen molar-refractivity contribution < 1.29 is 14.3 Å². The zero-order chi connectivity index (χ0) is 24.6. The van der Waals surface area contributed by atoms with Crippen LogP contribution in [0.5, 0.6) is 5.75 Å². The summed E-state index contributed by atoms with van der Waals surface area (Å²) < 4.78 is 12.1. The Kier molecular flexibility index (Phi) is 6.80. The molecule has 188 valence electrons. The monoisotopic (exact) mass is 476 g/mol. The van der Waals surface area contributed by atoms with Crippen molar-refractivity contribution in [2.24, 2.45) is 11.3 Å². The number of carbonyl (C=O) groups excluding carboxylic acids is 1. The van der Waals surface area contributed by atoms with E-state index in [-0.39, 0.29) is 23.7 Å². The van der Waals surface area contributed by atoms with Gasteiger partial charge in [-0.1, -0.05) is 51.5 Å². The maximum atomic E-state index is 13.0. The first kappa shape index (κ1) is 24.2. The third-order valence-electron chi connectivity index (χ3n) is 8.20. The number of hydrogen-bond acceptors (Lipinski definition) is 4. The van der Waals surface area contributed by atoms with Crippen LogP contribution in [0.1, 0.15) is 69.7 Å². The van der Waals surface area contributed by atoms with Crippen LogP contribution in [0.3, 0.4) is 0 Å². The van der Waals surface area contributed by atoms with E-state index in [1.165, 1.54) is 16.7 Å². The number of nitrogens with zero attached hydrogens (tertiary/aromatic N) is 1. The minimum atomic E-state index is -0.289. The van der Waals surface area contributed by atoms with Crippen LogP contribution in [-0.4, -0.2) is 43.3 Å². The number of carbonyl (C=O) groups is 1. The molecular formula is C30H40N2O3. The van der Waals surface area contributed by atoms with Crippen LogP contribution in [0.25, 0.3) is 11.1 Å². The number of fused-ring (bicyclic) bond motifs is 4. The number of amides is 1. The Hall–Kier alpha value is -2.53. The highest BCUT2D eigenvalue weighted by Gasteiger charge is 2.42. The van der Waals surface area contributed by atoms with Crippen LogP contribution in [-0.2, 0) is 17.6 Å². The summed E-state index contributed by atoms with van der Waals surface area (Å²) in [6.45, 7) is 12.4. The number of benzene rings is 2. The van der Waals surface area contributed by atoms with E-state index >= 15 is 0 Å². The van der Waals surface area contributed by atoms with Gasteiger partial charge in [0.05, 0.1) is 12.6 Å². The van der Waals surface area contributed by atoms with Gasteiger partial charge in [0.25, 0.3) is 0 Å². The SMILES string of the molecule is CCCc1ccc(-c2cc3c(cc2OCC)[C@H](NC(=O)O[C@H]2CN4CCC2CC4)C(C)(C)C3)cc1. The maximum absolute atomic E-state index is 13.0. The fraction of sp³-hybridized carbons (Fsp3) is 0.567. The van der Waals surface area contributed by atoms with Gasteiger partial charge in [-0.3, -0.25) is 4.90 Å². The number of rotatable bonds is 7. The molecule has 5 heteroatoms. The van der Waals surface area contributed by atoms with E-state index in [4.69, 9.17) is 9.47 Å². The molecule has 0 aromatic heterocycles. The minimum absolute atomic E-state index is 0.0125. The van der Waals surface area contributed by atoms with Crippen molar-refractivity contribution in [3.05, 3.63) is 53.1 Å². The van der Waals surface area contributed by atoms with Gasteiger partial charge in [-0.05, 0) is 91.4 Å². The molecule has 2 bridgehead atoms. The van der Waals surface area contributed by atoms with Crippen LogP contribution >= 0.6 is 0 Å². The van der Waals surface area contributed by atoms with Crippen LogP contribution in [0.2, 0.25) is 0 Å². The fourth-order valence-electron chi connectivity index (χ4n) is 6.32. The summed E-state index contributed by atoms with van der Waals surface area (Å²) in [6.07, 6.45) is 5.14. The third-order valence-corrected chi connectivity index (χ3v) is 8.20. The van der Waals surface area contributed by atoms with Gasteiger partial charge in [-0.25, -0.2) is 4.79 Å². The lowest BCUT2D eigenvalue weighted by atomic mass is 9.85. The lowest BCUT2D eigenvalue weighted by Gasteiger charge is -2.44. The van der Waals surface area contributed by atoms with E-state index < -0.39 is 0 Å². The highest BCUT2D eigenvalue weighted by Crippen LogP contribution is 2.48. The van der Waals surface area contributed by atoms with E-state index in [0.29, 0.717) is 12.5 Å². The Morgan fingerprint density at radius 1 is 1.11 bits per heavy atom. The molecule has 3 aliphatic heterocycles. The normalized spacial score (nSPS) is 26.3. The van der Waals surface area contributed by atoms with Gasteiger partial charge in [-0.2, -0.15) is 0 Å². The predicted molar refractivity (Wildman–Crippen MR) is 140 cm³/mol. The Labute approximate surface area is 210 Å². The van der Waals surface area contributed by atoms with Crippen molar-refractivity contribution >= 4 is 6.09 Å². The van der Waals surface area contributed by atoms with Gasteiger partial charge in [0.15, 0.2) is 0 Å². The molecule has 1 amide bonds. The molecule has 3 saturated heterocycles. The first-order valence-corrected chi connectivity index (χ1v) is 13.5. The highest BCUT2D eigenvalue weighted by atomic mass is 16.6. The van der Waals surface area contributed by atoms with E-state index in [0.717, 1.165) is 68.6 Å². The average Bonchev–Trinajstić information content (AvgIpc) is 3.09. The quantitative estimate of drug-likeness (QED) is 0.521. The number of hydrogen-bond donors (Lipinski definition) is 1. The molecule has 3 heterocycles. The topological polar surface area (TPSA) is 50.8 Å². The Bertz CT molecular complexity index is 1050. The van der Waals surface area contributed by atoms with Crippen molar-refractivity contribution in [2.75, 3.05) is 26.2 Å². The van der Waals surface area contributed by atoms with E-state index in [1.807, 2.05) is 6.92 Å². The molecule has 0 spiro atoms. The summed E-state index contributed by atoms with van der Waals surface area (Å²) in [5.41, 5.74) is 5.98. The number of aryl methyl sites for hydroxylation is 1. The standard InChI is InChI=1S/C30H40N2O3/c1-5-7-20-8-10-21(11-9-20)24-16-23-18-30(3,4)28(25(23)17-26(24)34-6-2)31-29(33)35-27-19-32-14-12-22(27)13-15-32/h8-11,16-17,22,27-28H,5-7,12-15,18-19H2,1-4H3,(H,31,33)/t27-,28-/m0/s1. The van der Waals surface area contributed by atoms with Crippen molar-refractivity contribution in [2.45, 2.75) is 71.9 Å². The Balaban J connectivity index is 1.39. The molecule has 0 saturated carbocycles. The van der Waals surface area contributed by atoms with Crippen molar-refractivity contribution in [3.63, 3.8) is 0 Å². The number of ether oxygens (including phenoxy) is 2. The van der Waals surface area contributed by atoms with Crippen LogP contribution < -0.4 is 10.1 Å². The summed E-state index contributed by atoms with van der Waals surface area (Å²) in [4.78, 5) is 15.5. The molecule has 2 atom stereocenters. The number of nitrogens with one attached hydrogen (secondary N) is 1. The minimum Gasteiger partial charge on any atom is -0.493 e. The fourth-order valence-corrected chi connectivity index (χ4v) is 6.32. The molecule has 6 rings (SSSR count). The van der Waals surface area contributed by atoms with Crippen molar-refractivity contribution in [1.29, 1.82) is 0 Å². The van der Waals surface area contributed by atoms with E-state index in [1.54, 1.807) is 0 Å². The lowest BCUT2D eigenvalue weighted by Crippen LogP contribution is -2.53. The summed E-state index contributed by atoms with van der Waals surface area (Å²) in [5, 5.41) is 3.25. The Morgan fingerprint density at radius 2 is 1.86 bits per heavy atom. The summed E-state index contributed by atoms with van der Waals surface area (Å²) in [5.74, 6) is 1.38. The molecule has 5 nitrogen and oxygen atoms in total. The van der Waals surface area contributed by atoms with E-state index in [2.05, 4.69) is 67.4 Å². The molecular weight excluding hydrogens is 436 g/mol. The van der Waals surface area contributed by atoms with Crippen LogP contribution in [0.4, 0.5) is 4.79 Å². The number of alkyl carbamates (subject to hydrolysis) is 1. The molecule has 1 N–H and O–H groups in total. The molecule has 0 unspecified atom stereocenters. The van der Waals surface area contributed by atoms with E-state index in [9.17, 15) is 4.79 Å². The summed E-state index contributed by atoms with van der Waals surface area (Å²) in [7, 11) is 0. The van der Waals surface area contributed by atoms with Crippen molar-refractivity contribution in [3.8, 4) is 16.9 Å². The summed E-state index contributed by atoms with van der Waals surface area (Å²) in [6, 6.07) is 13.2. The van der Waals surface area contributed by atoms with Gasteiger partial charge in [-0.15, -0.1) is 0 Å². The molecule has 3 fully saturated rings. The maximum Gasteiger partial charge on any atom is 0.407 e. The first-order valence-electron chi connectivity index (χ1n) is 13.5. The van der Waals surface area contributed by atoms with Crippen LogP contribution in [0.15, 0.2) is 36.4 Å². The van der Waals surface area contributed by atoms with Gasteiger partial charge in [0.2, 0.25) is 0 Å². The first-order chi connectivity index (χ1) is 16.9. The second-order valence-corrected chi connectivity index (χ2v) is 11.3. The van der Waals surface area contributed by atoms with Gasteiger partial charge in [0.1, 0.15) is 11.9 Å². The second-order valence-electron chi connectivity index (χ2n) is 11.3. The third kappa shape index (κ3) is 4.93. The summed E-state index contributed by atoms with van der Waals surface area (Å²) >= 11 is 0. The zero-order valence-corrected chi connectivity index (χ0v) is 21.7. The largest absolute Gasteiger partial charge is 0.493 e. The molecule has 4 aliphatic rings. The predicted octanol–water partition coefficient (Wildman–Crippen LogP) is 6.15. The molecule has 2 aromatic rings. The zero-order valence-electron chi connectivity index (χ0n) is 21.7. The van der Waals surface area contributed by atoms with Gasteiger partial charge >= 0.3 is 6.09 Å². The molecule has 1 aliphatic carbocycles. The van der Waals surface area contributed by atoms with Gasteiger partial charge < -0.3 is 14.8 Å². The Morgan fingerprint density at radius 3 is 2.49 bits per heavy atom. The van der Waals surface area contributed by atoms with Crippen molar-refractivity contribution in [1.82, 2.24) is 10.2 Å². The van der Waals surface area contributed by atoms with Gasteiger partial charge in [0, 0.05) is 12.1 Å². The second kappa shape index (κ2) is 9.85. The molecule has 35 heavy (non-hydrogen) atoms. The van der Waals surface area contributed by atoms with Crippen LogP contribution in [0, 0.1) is 11.3 Å².